The van der Waals surface area contributed by atoms with Gasteiger partial charge in [-0.15, -0.1) is 0 Å². The van der Waals surface area contributed by atoms with Gasteiger partial charge in [0.05, 0.1) is 17.6 Å². The van der Waals surface area contributed by atoms with Crippen molar-refractivity contribution in [2.75, 3.05) is 10.6 Å². The third-order valence-electron chi connectivity index (χ3n) is 3.39. The Morgan fingerprint density at radius 2 is 2.12 bits per heavy atom. The first kappa shape index (κ1) is 16.2. The van der Waals surface area contributed by atoms with Crippen molar-refractivity contribution in [2.45, 2.75) is 19.9 Å². The molecule has 3 aromatic rings. The van der Waals surface area contributed by atoms with Crippen LogP contribution in [0.2, 0.25) is 0 Å². The minimum atomic E-state index is -3.52. The Labute approximate surface area is 139 Å². The van der Waals surface area contributed by atoms with E-state index in [2.05, 4.69) is 15.2 Å². The molecule has 0 aliphatic heterocycles. The summed E-state index contributed by atoms with van der Waals surface area (Å²) in [6, 6.07) is 8.87. The topological polar surface area (TPSA) is 94.1 Å². The van der Waals surface area contributed by atoms with E-state index in [4.69, 9.17) is 4.52 Å². The standard InChI is InChI=1S/C15H17N5O3S/c1-3-14-17-15(23-18-14)11-20(24(2,21)22)13-7-4-6-12(10-13)19-9-5-8-16-19/h4-10H,3,11H2,1-2H3. The van der Waals surface area contributed by atoms with Gasteiger partial charge in [0, 0.05) is 18.8 Å². The quantitative estimate of drug-likeness (QED) is 0.675. The Kier molecular flexibility index (Phi) is 4.34. The van der Waals surface area contributed by atoms with Crippen molar-refractivity contribution < 1.29 is 12.9 Å². The molecule has 0 bridgehead atoms. The number of aryl methyl sites for hydroxylation is 1. The van der Waals surface area contributed by atoms with Gasteiger partial charge in [-0.3, -0.25) is 4.31 Å². The number of aromatic nitrogens is 4. The smallest absolute Gasteiger partial charge is 0.247 e. The second kappa shape index (κ2) is 6.44. The number of hydrogen-bond acceptors (Lipinski definition) is 6. The first-order chi connectivity index (χ1) is 11.5. The molecule has 0 radical (unpaired) electrons. The highest BCUT2D eigenvalue weighted by molar-refractivity contribution is 7.92. The molecule has 0 saturated heterocycles. The van der Waals surface area contributed by atoms with Crippen molar-refractivity contribution >= 4 is 15.7 Å². The van der Waals surface area contributed by atoms with Crippen LogP contribution in [0, 0.1) is 0 Å². The first-order valence-electron chi connectivity index (χ1n) is 7.36. The molecule has 0 fully saturated rings. The van der Waals surface area contributed by atoms with Gasteiger partial charge in [0.25, 0.3) is 0 Å². The van der Waals surface area contributed by atoms with Crippen LogP contribution in [0.15, 0.2) is 47.2 Å². The van der Waals surface area contributed by atoms with Crippen LogP contribution in [0.3, 0.4) is 0 Å². The van der Waals surface area contributed by atoms with Gasteiger partial charge in [0.2, 0.25) is 15.9 Å². The zero-order chi connectivity index (χ0) is 17.2. The van der Waals surface area contributed by atoms with E-state index in [1.807, 2.05) is 13.0 Å². The van der Waals surface area contributed by atoms with Gasteiger partial charge in [-0.1, -0.05) is 18.1 Å². The highest BCUT2D eigenvalue weighted by atomic mass is 32.2. The number of nitrogens with zero attached hydrogens (tertiary/aromatic N) is 5. The van der Waals surface area contributed by atoms with Gasteiger partial charge in [-0.25, -0.2) is 13.1 Å². The van der Waals surface area contributed by atoms with Crippen molar-refractivity contribution in [2.24, 2.45) is 0 Å². The molecule has 2 heterocycles. The fraction of sp³-hybridized carbons (Fsp3) is 0.267. The molecule has 8 nitrogen and oxygen atoms in total. The Morgan fingerprint density at radius 1 is 1.29 bits per heavy atom. The maximum Gasteiger partial charge on any atom is 0.247 e. The molecule has 0 unspecified atom stereocenters. The zero-order valence-corrected chi connectivity index (χ0v) is 14.1. The van der Waals surface area contributed by atoms with E-state index in [1.165, 1.54) is 4.31 Å². The molecule has 1 aromatic carbocycles. The zero-order valence-electron chi connectivity index (χ0n) is 13.3. The number of benzene rings is 1. The summed E-state index contributed by atoms with van der Waals surface area (Å²) < 4.78 is 32.5. The van der Waals surface area contributed by atoms with Crippen LogP contribution in [0.1, 0.15) is 18.6 Å². The van der Waals surface area contributed by atoms with E-state index >= 15 is 0 Å². The number of hydrogen-bond donors (Lipinski definition) is 0. The Bertz CT molecular complexity index is 918. The summed E-state index contributed by atoms with van der Waals surface area (Å²) in [4.78, 5) is 4.18. The highest BCUT2D eigenvalue weighted by Crippen LogP contribution is 2.23. The lowest BCUT2D eigenvalue weighted by molar-refractivity contribution is 0.375. The van der Waals surface area contributed by atoms with Gasteiger partial charge in [-0.05, 0) is 24.3 Å². The molecule has 126 valence electrons. The van der Waals surface area contributed by atoms with Crippen LogP contribution < -0.4 is 4.31 Å². The van der Waals surface area contributed by atoms with Gasteiger partial charge in [-0.2, -0.15) is 10.1 Å². The minimum Gasteiger partial charge on any atom is -0.337 e. The van der Waals surface area contributed by atoms with Gasteiger partial charge in [0.1, 0.15) is 6.54 Å². The SMILES string of the molecule is CCc1noc(CN(c2cccc(-n3cccn3)c2)S(C)(=O)=O)n1. The van der Waals surface area contributed by atoms with Crippen LogP contribution in [0.5, 0.6) is 0 Å². The largest absolute Gasteiger partial charge is 0.337 e. The van der Waals surface area contributed by atoms with E-state index in [9.17, 15) is 8.42 Å². The average Bonchev–Trinajstić information content (AvgIpc) is 3.23. The normalized spacial score (nSPS) is 11.6. The summed E-state index contributed by atoms with van der Waals surface area (Å²) in [5.74, 6) is 0.797. The fourth-order valence-corrected chi connectivity index (χ4v) is 3.07. The second-order valence-corrected chi connectivity index (χ2v) is 7.10. The summed E-state index contributed by atoms with van der Waals surface area (Å²) in [5, 5.41) is 7.96. The minimum absolute atomic E-state index is 0.0195. The first-order valence-corrected chi connectivity index (χ1v) is 9.21. The molecule has 0 saturated carbocycles. The van der Waals surface area contributed by atoms with E-state index in [-0.39, 0.29) is 12.4 Å². The number of anilines is 1. The molecule has 2 aromatic heterocycles. The van der Waals surface area contributed by atoms with E-state index in [0.717, 1.165) is 11.9 Å². The van der Waals surface area contributed by atoms with Crippen LogP contribution in [-0.4, -0.2) is 34.6 Å². The summed E-state index contributed by atoms with van der Waals surface area (Å²) in [7, 11) is -3.52. The van der Waals surface area contributed by atoms with Crippen molar-refractivity contribution in [1.29, 1.82) is 0 Å². The molecule has 24 heavy (non-hydrogen) atoms. The molecule has 0 aliphatic carbocycles. The Hall–Kier alpha value is -2.68. The lowest BCUT2D eigenvalue weighted by Gasteiger charge is -2.21. The third kappa shape index (κ3) is 3.46. The lowest BCUT2D eigenvalue weighted by atomic mass is 10.3. The van der Waals surface area contributed by atoms with Crippen LogP contribution in [0.4, 0.5) is 5.69 Å². The molecular formula is C15H17N5O3S. The van der Waals surface area contributed by atoms with E-state index in [1.54, 1.807) is 41.3 Å². The van der Waals surface area contributed by atoms with Crippen molar-refractivity contribution in [3.8, 4) is 5.69 Å². The van der Waals surface area contributed by atoms with Crippen molar-refractivity contribution in [1.82, 2.24) is 19.9 Å². The molecule has 0 amide bonds. The van der Waals surface area contributed by atoms with E-state index in [0.29, 0.717) is 17.9 Å². The maximum atomic E-state index is 12.2. The maximum absolute atomic E-state index is 12.2. The van der Waals surface area contributed by atoms with Crippen LogP contribution >= 0.6 is 0 Å². The van der Waals surface area contributed by atoms with Gasteiger partial charge in [0.15, 0.2) is 5.82 Å². The van der Waals surface area contributed by atoms with Gasteiger partial charge >= 0.3 is 0 Å². The predicted molar refractivity (Wildman–Crippen MR) is 88.3 cm³/mol. The van der Waals surface area contributed by atoms with Crippen molar-refractivity contribution in [3.63, 3.8) is 0 Å². The molecule has 0 atom stereocenters. The van der Waals surface area contributed by atoms with Crippen molar-refractivity contribution in [3.05, 3.63) is 54.4 Å². The van der Waals surface area contributed by atoms with E-state index < -0.39 is 10.0 Å². The molecule has 0 aliphatic rings. The summed E-state index contributed by atoms with van der Waals surface area (Å²) >= 11 is 0. The Balaban J connectivity index is 1.96. The fourth-order valence-electron chi connectivity index (χ4n) is 2.23. The second-order valence-electron chi connectivity index (χ2n) is 5.20. The monoisotopic (exact) mass is 347 g/mol. The highest BCUT2D eigenvalue weighted by Gasteiger charge is 2.21. The molecule has 3 rings (SSSR count). The van der Waals surface area contributed by atoms with Gasteiger partial charge < -0.3 is 4.52 Å². The number of sulfonamides is 1. The lowest BCUT2D eigenvalue weighted by Crippen LogP contribution is -2.29. The summed E-state index contributed by atoms with van der Waals surface area (Å²) in [5.41, 5.74) is 1.26. The summed E-state index contributed by atoms with van der Waals surface area (Å²) in [6.07, 6.45) is 5.21. The molecule has 0 spiro atoms. The molecule has 0 N–H and O–H groups in total. The molecule has 9 heteroatoms. The van der Waals surface area contributed by atoms with Crippen LogP contribution in [0.25, 0.3) is 5.69 Å². The average molecular weight is 347 g/mol. The number of rotatable bonds is 6. The summed E-state index contributed by atoms with van der Waals surface area (Å²) in [6.45, 7) is 1.88. The third-order valence-corrected chi connectivity index (χ3v) is 4.53. The predicted octanol–water partition coefficient (Wildman–Crippen LogP) is 1.78. The van der Waals surface area contributed by atoms with Crippen LogP contribution in [-0.2, 0) is 23.0 Å². The molecular weight excluding hydrogens is 330 g/mol. The Morgan fingerprint density at radius 3 is 2.75 bits per heavy atom.